The van der Waals surface area contributed by atoms with Crippen molar-refractivity contribution in [1.82, 2.24) is 14.9 Å². The van der Waals surface area contributed by atoms with Crippen molar-refractivity contribution in [3.8, 4) is 0 Å². The molecule has 0 spiro atoms. The molecule has 0 bridgehead atoms. The van der Waals surface area contributed by atoms with E-state index in [2.05, 4.69) is 10.3 Å². The van der Waals surface area contributed by atoms with Gasteiger partial charge in [-0.2, -0.15) is 0 Å². The summed E-state index contributed by atoms with van der Waals surface area (Å²) in [4.78, 5) is 15.7. The van der Waals surface area contributed by atoms with E-state index in [1.807, 2.05) is 24.6 Å². The second-order valence-electron chi connectivity index (χ2n) is 4.41. The molecule has 5 nitrogen and oxygen atoms in total. The number of carbonyl (C=O) groups excluding carboxylic acids is 1. The monoisotopic (exact) mass is 224 g/mol. The minimum atomic E-state index is -0.788. The van der Waals surface area contributed by atoms with Crippen molar-refractivity contribution in [2.24, 2.45) is 5.73 Å². The van der Waals surface area contributed by atoms with Gasteiger partial charge in [0.05, 0.1) is 11.9 Å². The maximum atomic E-state index is 11.8. The lowest BCUT2D eigenvalue weighted by atomic mass is 9.99. The van der Waals surface area contributed by atoms with Gasteiger partial charge in [0.25, 0.3) is 0 Å². The summed E-state index contributed by atoms with van der Waals surface area (Å²) in [6.07, 6.45) is 5.93. The lowest BCUT2D eigenvalue weighted by molar-refractivity contribution is -0.126. The first-order chi connectivity index (χ1) is 7.45. The summed E-state index contributed by atoms with van der Waals surface area (Å²) in [6, 6.07) is 0.0381. The van der Waals surface area contributed by atoms with Gasteiger partial charge in [-0.3, -0.25) is 4.79 Å². The third kappa shape index (κ3) is 3.34. The fourth-order valence-electron chi connectivity index (χ4n) is 1.31. The Morgan fingerprint density at radius 3 is 2.88 bits per heavy atom. The zero-order valence-electron chi connectivity index (χ0n) is 10.1. The Labute approximate surface area is 96.0 Å². The second-order valence-corrected chi connectivity index (χ2v) is 4.41. The molecular weight excluding hydrogens is 204 g/mol. The summed E-state index contributed by atoms with van der Waals surface area (Å²) in [6.45, 7) is 6.29. The first-order valence-corrected chi connectivity index (χ1v) is 5.51. The highest BCUT2D eigenvalue weighted by atomic mass is 16.2. The first kappa shape index (κ1) is 12.7. The molecule has 1 aromatic heterocycles. The minimum Gasteiger partial charge on any atom is -0.350 e. The maximum Gasteiger partial charge on any atom is 0.240 e. The van der Waals surface area contributed by atoms with Crippen LogP contribution in [0.2, 0.25) is 0 Å². The van der Waals surface area contributed by atoms with Crippen molar-refractivity contribution in [2.45, 2.75) is 45.3 Å². The third-order valence-corrected chi connectivity index (χ3v) is 2.67. The Balaban J connectivity index is 2.46. The molecule has 1 rings (SSSR count). The van der Waals surface area contributed by atoms with Crippen LogP contribution in [0.3, 0.4) is 0 Å². The van der Waals surface area contributed by atoms with Gasteiger partial charge in [0, 0.05) is 25.0 Å². The largest absolute Gasteiger partial charge is 0.350 e. The van der Waals surface area contributed by atoms with Gasteiger partial charge in [0.2, 0.25) is 5.91 Å². The standard InChI is InChI=1S/C11H20N4O/c1-4-11(3,12)10(16)14-9(2)7-15-6-5-13-8-15/h5-6,8-9H,4,7,12H2,1-3H3,(H,14,16). The number of nitrogens with zero attached hydrogens (tertiary/aromatic N) is 2. The van der Waals surface area contributed by atoms with E-state index in [1.165, 1.54) is 0 Å². The smallest absolute Gasteiger partial charge is 0.240 e. The summed E-state index contributed by atoms with van der Waals surface area (Å²) in [7, 11) is 0. The van der Waals surface area contributed by atoms with E-state index < -0.39 is 5.54 Å². The van der Waals surface area contributed by atoms with Crippen LogP contribution in [-0.4, -0.2) is 27.0 Å². The molecule has 1 amide bonds. The molecule has 0 aliphatic carbocycles. The first-order valence-electron chi connectivity index (χ1n) is 5.51. The Bertz CT molecular complexity index is 332. The molecule has 5 heteroatoms. The minimum absolute atomic E-state index is 0.0381. The van der Waals surface area contributed by atoms with Crippen LogP contribution in [0.5, 0.6) is 0 Å². The van der Waals surface area contributed by atoms with Gasteiger partial charge in [0.1, 0.15) is 0 Å². The Morgan fingerprint density at radius 1 is 1.69 bits per heavy atom. The van der Waals surface area contributed by atoms with E-state index in [1.54, 1.807) is 19.4 Å². The number of rotatable bonds is 5. The summed E-state index contributed by atoms with van der Waals surface area (Å²) >= 11 is 0. The lowest BCUT2D eigenvalue weighted by Gasteiger charge is -2.24. The molecule has 0 aliphatic heterocycles. The number of hydrogen-bond donors (Lipinski definition) is 2. The highest BCUT2D eigenvalue weighted by Crippen LogP contribution is 2.05. The molecule has 0 radical (unpaired) electrons. The Morgan fingerprint density at radius 2 is 2.38 bits per heavy atom. The SMILES string of the molecule is CCC(C)(N)C(=O)NC(C)Cn1ccnc1. The van der Waals surface area contributed by atoms with Crippen LogP contribution in [0.1, 0.15) is 27.2 Å². The molecule has 1 aromatic rings. The Kier molecular flexibility index (Phi) is 4.06. The molecule has 0 aliphatic rings. The van der Waals surface area contributed by atoms with Crippen LogP contribution >= 0.6 is 0 Å². The van der Waals surface area contributed by atoms with E-state index >= 15 is 0 Å². The number of hydrogen-bond acceptors (Lipinski definition) is 3. The van der Waals surface area contributed by atoms with Crippen molar-refractivity contribution in [3.63, 3.8) is 0 Å². The zero-order valence-corrected chi connectivity index (χ0v) is 10.1. The summed E-state index contributed by atoms with van der Waals surface area (Å²) in [5, 5.41) is 2.90. The molecule has 16 heavy (non-hydrogen) atoms. The van der Waals surface area contributed by atoms with Crippen LogP contribution < -0.4 is 11.1 Å². The average molecular weight is 224 g/mol. The van der Waals surface area contributed by atoms with Crippen LogP contribution in [-0.2, 0) is 11.3 Å². The molecule has 0 saturated carbocycles. The molecule has 2 atom stereocenters. The van der Waals surface area contributed by atoms with Gasteiger partial charge < -0.3 is 15.6 Å². The highest BCUT2D eigenvalue weighted by molar-refractivity contribution is 5.85. The fraction of sp³-hybridized carbons (Fsp3) is 0.636. The van der Waals surface area contributed by atoms with Crippen molar-refractivity contribution in [1.29, 1.82) is 0 Å². The Hall–Kier alpha value is -1.36. The van der Waals surface area contributed by atoms with E-state index in [0.717, 1.165) is 0 Å². The molecule has 90 valence electrons. The van der Waals surface area contributed by atoms with Crippen LogP contribution in [0.15, 0.2) is 18.7 Å². The van der Waals surface area contributed by atoms with Crippen LogP contribution in [0, 0.1) is 0 Å². The number of nitrogens with one attached hydrogen (secondary N) is 1. The number of nitrogens with two attached hydrogens (primary N) is 1. The molecular formula is C11H20N4O. The van der Waals surface area contributed by atoms with Crippen molar-refractivity contribution < 1.29 is 4.79 Å². The average Bonchev–Trinajstić information content (AvgIpc) is 2.70. The van der Waals surface area contributed by atoms with Gasteiger partial charge in [0.15, 0.2) is 0 Å². The lowest BCUT2D eigenvalue weighted by Crippen LogP contribution is -2.53. The molecule has 3 N–H and O–H groups in total. The summed E-state index contributed by atoms with van der Waals surface area (Å²) in [5.41, 5.74) is 5.06. The molecule has 0 aromatic carbocycles. The molecule has 2 unspecified atom stereocenters. The van der Waals surface area contributed by atoms with Gasteiger partial charge >= 0.3 is 0 Å². The summed E-state index contributed by atoms with van der Waals surface area (Å²) in [5.74, 6) is -0.109. The van der Waals surface area contributed by atoms with Gasteiger partial charge in [-0.05, 0) is 20.3 Å². The molecule has 1 heterocycles. The highest BCUT2D eigenvalue weighted by Gasteiger charge is 2.26. The quantitative estimate of drug-likeness (QED) is 0.765. The van der Waals surface area contributed by atoms with Gasteiger partial charge in [-0.1, -0.05) is 6.92 Å². The van der Waals surface area contributed by atoms with E-state index in [9.17, 15) is 4.79 Å². The molecule has 0 saturated heterocycles. The van der Waals surface area contributed by atoms with Crippen molar-refractivity contribution in [3.05, 3.63) is 18.7 Å². The number of aromatic nitrogens is 2. The number of carbonyl (C=O) groups is 1. The topological polar surface area (TPSA) is 72.9 Å². The van der Waals surface area contributed by atoms with Crippen molar-refractivity contribution >= 4 is 5.91 Å². The van der Waals surface area contributed by atoms with Gasteiger partial charge in [-0.15, -0.1) is 0 Å². The third-order valence-electron chi connectivity index (χ3n) is 2.67. The zero-order chi connectivity index (χ0) is 12.2. The number of imidazole rings is 1. The normalized spacial score (nSPS) is 16.5. The fourth-order valence-corrected chi connectivity index (χ4v) is 1.31. The van der Waals surface area contributed by atoms with Gasteiger partial charge in [-0.25, -0.2) is 4.98 Å². The summed E-state index contributed by atoms with van der Waals surface area (Å²) < 4.78 is 1.92. The van der Waals surface area contributed by atoms with E-state index in [-0.39, 0.29) is 11.9 Å². The maximum absolute atomic E-state index is 11.8. The predicted octanol–water partition coefficient (Wildman–Crippen LogP) is 0.515. The van der Waals surface area contributed by atoms with E-state index in [0.29, 0.717) is 13.0 Å². The van der Waals surface area contributed by atoms with Crippen LogP contribution in [0.25, 0.3) is 0 Å². The van der Waals surface area contributed by atoms with Crippen LogP contribution in [0.4, 0.5) is 0 Å². The number of amides is 1. The van der Waals surface area contributed by atoms with E-state index in [4.69, 9.17) is 5.73 Å². The molecule has 0 fully saturated rings. The van der Waals surface area contributed by atoms with Crippen molar-refractivity contribution in [2.75, 3.05) is 0 Å². The second kappa shape index (κ2) is 5.12. The predicted molar refractivity (Wildman–Crippen MR) is 62.7 cm³/mol.